The standard InChI is InChI=1S/C16H33N3/c1-3-19(4-2)16-9-10-18(13-16)12-15-8-6-5-7-14(15)11-17/h14-16H,3-13,17H2,1-2H3. The van der Waals surface area contributed by atoms with Crippen LogP contribution in [0, 0.1) is 11.8 Å². The van der Waals surface area contributed by atoms with Crippen molar-refractivity contribution in [1.82, 2.24) is 9.80 Å². The van der Waals surface area contributed by atoms with Gasteiger partial charge >= 0.3 is 0 Å². The predicted octanol–water partition coefficient (Wildman–Crippen LogP) is 2.17. The summed E-state index contributed by atoms with van der Waals surface area (Å²) < 4.78 is 0. The third kappa shape index (κ3) is 3.93. The number of likely N-dealkylation sites (N-methyl/N-ethyl adjacent to an activating group) is 1. The highest BCUT2D eigenvalue weighted by Gasteiger charge is 2.30. The summed E-state index contributed by atoms with van der Waals surface area (Å²) in [5, 5.41) is 0. The molecule has 3 atom stereocenters. The van der Waals surface area contributed by atoms with Crippen molar-refractivity contribution in [3.05, 3.63) is 0 Å². The first-order chi connectivity index (χ1) is 9.28. The van der Waals surface area contributed by atoms with Crippen molar-refractivity contribution < 1.29 is 0 Å². The molecule has 1 heterocycles. The topological polar surface area (TPSA) is 32.5 Å². The minimum atomic E-state index is 0.793. The first-order valence-electron chi connectivity index (χ1n) is 8.44. The zero-order valence-electron chi connectivity index (χ0n) is 13.0. The Morgan fingerprint density at radius 3 is 2.37 bits per heavy atom. The van der Waals surface area contributed by atoms with Crippen molar-refractivity contribution >= 4 is 0 Å². The van der Waals surface area contributed by atoms with Crippen molar-refractivity contribution in [2.75, 3.05) is 39.3 Å². The lowest BCUT2D eigenvalue weighted by Gasteiger charge is -2.34. The van der Waals surface area contributed by atoms with Crippen LogP contribution < -0.4 is 5.73 Å². The van der Waals surface area contributed by atoms with E-state index in [4.69, 9.17) is 5.73 Å². The van der Waals surface area contributed by atoms with Gasteiger partial charge in [0.15, 0.2) is 0 Å². The smallest absolute Gasteiger partial charge is 0.0235 e. The van der Waals surface area contributed by atoms with Crippen LogP contribution in [0.1, 0.15) is 46.0 Å². The van der Waals surface area contributed by atoms with Crippen LogP contribution in [-0.4, -0.2) is 55.1 Å². The molecule has 19 heavy (non-hydrogen) atoms. The highest BCUT2D eigenvalue weighted by atomic mass is 15.2. The fourth-order valence-electron chi connectivity index (χ4n) is 4.18. The lowest BCUT2D eigenvalue weighted by atomic mass is 9.79. The molecular weight excluding hydrogens is 234 g/mol. The Kier molecular flexibility index (Phi) is 6.11. The van der Waals surface area contributed by atoms with Gasteiger partial charge < -0.3 is 10.6 Å². The van der Waals surface area contributed by atoms with Crippen LogP contribution in [0.2, 0.25) is 0 Å². The zero-order valence-corrected chi connectivity index (χ0v) is 13.0. The highest BCUT2D eigenvalue weighted by Crippen LogP contribution is 2.31. The van der Waals surface area contributed by atoms with E-state index in [1.165, 1.54) is 64.8 Å². The Morgan fingerprint density at radius 1 is 1.05 bits per heavy atom. The number of likely N-dealkylation sites (tertiary alicyclic amines) is 1. The molecule has 0 aromatic heterocycles. The Hall–Kier alpha value is -0.120. The Labute approximate surface area is 119 Å². The van der Waals surface area contributed by atoms with Crippen molar-refractivity contribution in [2.45, 2.75) is 52.0 Å². The van der Waals surface area contributed by atoms with E-state index < -0.39 is 0 Å². The molecular formula is C16H33N3. The molecule has 2 aliphatic rings. The third-order valence-corrected chi connectivity index (χ3v) is 5.44. The molecule has 1 saturated carbocycles. The third-order valence-electron chi connectivity index (χ3n) is 5.44. The van der Waals surface area contributed by atoms with Crippen LogP contribution in [0.5, 0.6) is 0 Å². The van der Waals surface area contributed by atoms with Gasteiger partial charge in [0.2, 0.25) is 0 Å². The second-order valence-corrected chi connectivity index (χ2v) is 6.46. The molecule has 0 bridgehead atoms. The van der Waals surface area contributed by atoms with Gasteiger partial charge in [0.25, 0.3) is 0 Å². The van der Waals surface area contributed by atoms with Gasteiger partial charge in [0.1, 0.15) is 0 Å². The molecule has 0 aromatic carbocycles. The molecule has 0 spiro atoms. The predicted molar refractivity (Wildman–Crippen MR) is 82.3 cm³/mol. The van der Waals surface area contributed by atoms with Crippen LogP contribution in [-0.2, 0) is 0 Å². The maximum atomic E-state index is 5.96. The van der Waals surface area contributed by atoms with Gasteiger partial charge in [-0.15, -0.1) is 0 Å². The maximum Gasteiger partial charge on any atom is 0.0235 e. The second kappa shape index (κ2) is 7.61. The fourth-order valence-corrected chi connectivity index (χ4v) is 4.18. The second-order valence-electron chi connectivity index (χ2n) is 6.46. The maximum absolute atomic E-state index is 5.96. The number of nitrogens with zero attached hydrogens (tertiary/aromatic N) is 2. The van der Waals surface area contributed by atoms with E-state index in [2.05, 4.69) is 23.6 Å². The van der Waals surface area contributed by atoms with E-state index in [0.717, 1.165) is 24.4 Å². The molecule has 2 rings (SSSR count). The Balaban J connectivity index is 1.80. The summed E-state index contributed by atoms with van der Waals surface area (Å²) in [5.41, 5.74) is 5.96. The average molecular weight is 267 g/mol. The number of nitrogens with two attached hydrogens (primary N) is 1. The van der Waals surface area contributed by atoms with E-state index >= 15 is 0 Å². The molecule has 0 amide bonds. The van der Waals surface area contributed by atoms with Crippen LogP contribution in [0.4, 0.5) is 0 Å². The van der Waals surface area contributed by atoms with Crippen molar-refractivity contribution in [3.63, 3.8) is 0 Å². The summed E-state index contributed by atoms with van der Waals surface area (Å²) >= 11 is 0. The lowest BCUT2D eigenvalue weighted by molar-refractivity contribution is 0.158. The molecule has 1 aliphatic heterocycles. The lowest BCUT2D eigenvalue weighted by Crippen LogP contribution is -2.40. The summed E-state index contributed by atoms with van der Waals surface area (Å²) in [6, 6.07) is 0.801. The van der Waals surface area contributed by atoms with Crippen LogP contribution in [0.3, 0.4) is 0 Å². The quantitative estimate of drug-likeness (QED) is 0.800. The zero-order chi connectivity index (χ0) is 13.7. The van der Waals surface area contributed by atoms with Gasteiger partial charge in [0, 0.05) is 19.1 Å². The molecule has 0 radical (unpaired) electrons. The molecule has 1 saturated heterocycles. The van der Waals surface area contributed by atoms with Crippen LogP contribution in [0.15, 0.2) is 0 Å². The summed E-state index contributed by atoms with van der Waals surface area (Å²) in [5.74, 6) is 1.66. The van der Waals surface area contributed by atoms with E-state index in [9.17, 15) is 0 Å². The van der Waals surface area contributed by atoms with Gasteiger partial charge in [-0.3, -0.25) is 4.90 Å². The van der Waals surface area contributed by atoms with Gasteiger partial charge in [-0.2, -0.15) is 0 Å². The monoisotopic (exact) mass is 267 g/mol. The van der Waals surface area contributed by atoms with Gasteiger partial charge in [-0.1, -0.05) is 26.7 Å². The highest BCUT2D eigenvalue weighted by molar-refractivity contribution is 4.86. The molecule has 3 heteroatoms. The fraction of sp³-hybridized carbons (Fsp3) is 1.00. The Bertz CT molecular complexity index is 252. The number of rotatable bonds is 6. The molecule has 0 aromatic rings. The van der Waals surface area contributed by atoms with Crippen molar-refractivity contribution in [3.8, 4) is 0 Å². The minimum Gasteiger partial charge on any atom is -0.330 e. The molecule has 2 N–H and O–H groups in total. The molecule has 1 aliphatic carbocycles. The summed E-state index contributed by atoms with van der Waals surface area (Å²) in [4.78, 5) is 5.34. The largest absolute Gasteiger partial charge is 0.330 e. The van der Waals surface area contributed by atoms with Gasteiger partial charge in [0.05, 0.1) is 0 Å². The molecule has 2 fully saturated rings. The van der Waals surface area contributed by atoms with Crippen LogP contribution >= 0.6 is 0 Å². The van der Waals surface area contributed by atoms with E-state index in [-0.39, 0.29) is 0 Å². The summed E-state index contributed by atoms with van der Waals surface area (Å²) in [7, 11) is 0. The number of hydrogen-bond acceptors (Lipinski definition) is 3. The summed E-state index contributed by atoms with van der Waals surface area (Å²) in [6.07, 6.45) is 6.97. The Morgan fingerprint density at radius 2 is 1.74 bits per heavy atom. The SMILES string of the molecule is CCN(CC)C1CCN(CC2CCCCC2CN)C1. The molecule has 112 valence electrons. The van der Waals surface area contributed by atoms with Gasteiger partial charge in [-0.05, 0) is 57.3 Å². The van der Waals surface area contributed by atoms with Crippen LogP contribution in [0.25, 0.3) is 0 Å². The van der Waals surface area contributed by atoms with Crippen molar-refractivity contribution in [1.29, 1.82) is 0 Å². The first kappa shape index (κ1) is 15.3. The average Bonchev–Trinajstić information content (AvgIpc) is 2.89. The summed E-state index contributed by atoms with van der Waals surface area (Å²) in [6.45, 7) is 11.8. The van der Waals surface area contributed by atoms with E-state index in [1.54, 1.807) is 0 Å². The molecule has 3 nitrogen and oxygen atoms in total. The molecule has 3 unspecified atom stereocenters. The van der Waals surface area contributed by atoms with E-state index in [0.29, 0.717) is 0 Å². The minimum absolute atomic E-state index is 0.793. The first-order valence-corrected chi connectivity index (χ1v) is 8.44. The number of hydrogen-bond donors (Lipinski definition) is 1. The normalized spacial score (nSPS) is 33.2. The van der Waals surface area contributed by atoms with E-state index in [1.807, 2.05) is 0 Å². The van der Waals surface area contributed by atoms with Crippen molar-refractivity contribution in [2.24, 2.45) is 17.6 Å². The van der Waals surface area contributed by atoms with Gasteiger partial charge in [-0.25, -0.2) is 0 Å².